The summed E-state index contributed by atoms with van der Waals surface area (Å²) in [5.74, 6) is -1.48. The number of rotatable bonds is 3. The first-order chi connectivity index (χ1) is 9.38. The summed E-state index contributed by atoms with van der Waals surface area (Å²) in [5, 5.41) is 20.0. The van der Waals surface area contributed by atoms with Crippen molar-refractivity contribution in [3.8, 4) is 0 Å². The van der Waals surface area contributed by atoms with Gasteiger partial charge in [0.2, 0.25) is 0 Å². The number of carboxylic acid groups (broad SMARTS) is 1. The Morgan fingerprint density at radius 1 is 1.50 bits per heavy atom. The third-order valence-electron chi connectivity index (χ3n) is 3.56. The molecule has 1 aromatic rings. The first-order valence-electron chi connectivity index (χ1n) is 6.33. The molecule has 0 saturated carbocycles. The molecule has 0 spiro atoms. The summed E-state index contributed by atoms with van der Waals surface area (Å²) in [4.78, 5) is 22.9. The maximum Gasteiger partial charge on any atom is 0.326 e. The fourth-order valence-corrected chi connectivity index (χ4v) is 2.52. The molecule has 0 aromatic heterocycles. The molecule has 1 aliphatic heterocycles. The Hall–Kier alpha value is -2.18. The van der Waals surface area contributed by atoms with Gasteiger partial charge < -0.3 is 10.0 Å². The van der Waals surface area contributed by atoms with Crippen LogP contribution in [0.25, 0.3) is 0 Å². The number of aliphatic carboxylic acids is 1. The van der Waals surface area contributed by atoms with Crippen molar-refractivity contribution >= 4 is 17.3 Å². The van der Waals surface area contributed by atoms with Crippen LogP contribution in [-0.4, -0.2) is 28.6 Å². The number of hydrogen-bond acceptors (Lipinski definition) is 4. The molecule has 1 N–H and O–H groups in total. The first kappa shape index (κ1) is 14.2. The molecule has 0 bridgehead atoms. The lowest BCUT2D eigenvalue weighted by Crippen LogP contribution is -2.47. The second-order valence-electron chi connectivity index (χ2n) is 5.10. The molecule has 108 valence electrons. The number of nitrogens with zero attached hydrogens (tertiary/aromatic N) is 2. The highest BCUT2D eigenvalue weighted by Gasteiger charge is 2.32. The molecule has 1 saturated heterocycles. The average Bonchev–Trinajstić information content (AvgIpc) is 2.37. The van der Waals surface area contributed by atoms with Crippen LogP contribution in [0.1, 0.15) is 19.8 Å². The van der Waals surface area contributed by atoms with E-state index in [9.17, 15) is 24.4 Å². The summed E-state index contributed by atoms with van der Waals surface area (Å²) in [6.45, 7) is 2.40. The smallest absolute Gasteiger partial charge is 0.326 e. The zero-order chi connectivity index (χ0) is 14.9. The van der Waals surface area contributed by atoms with E-state index in [1.165, 1.54) is 11.0 Å². The molecule has 0 aliphatic carbocycles. The van der Waals surface area contributed by atoms with E-state index in [-0.39, 0.29) is 17.3 Å². The van der Waals surface area contributed by atoms with E-state index in [1.54, 1.807) is 0 Å². The number of benzene rings is 1. The van der Waals surface area contributed by atoms with Crippen molar-refractivity contribution in [1.29, 1.82) is 0 Å². The molecule has 1 fully saturated rings. The van der Waals surface area contributed by atoms with Crippen LogP contribution in [0.15, 0.2) is 18.2 Å². The number of non-ortho nitro benzene ring substituents is 1. The van der Waals surface area contributed by atoms with Crippen LogP contribution in [0.2, 0.25) is 0 Å². The van der Waals surface area contributed by atoms with Gasteiger partial charge in [-0.05, 0) is 24.8 Å². The van der Waals surface area contributed by atoms with E-state index < -0.39 is 22.8 Å². The summed E-state index contributed by atoms with van der Waals surface area (Å²) < 4.78 is 13.5. The van der Waals surface area contributed by atoms with Gasteiger partial charge in [0.05, 0.1) is 11.0 Å². The summed E-state index contributed by atoms with van der Waals surface area (Å²) in [7, 11) is 0. The lowest BCUT2D eigenvalue weighted by Gasteiger charge is -2.37. The summed E-state index contributed by atoms with van der Waals surface area (Å²) in [6, 6.07) is 2.40. The molecule has 2 atom stereocenters. The largest absolute Gasteiger partial charge is 0.480 e. The topological polar surface area (TPSA) is 83.7 Å². The highest BCUT2D eigenvalue weighted by Crippen LogP contribution is 2.31. The van der Waals surface area contributed by atoms with Gasteiger partial charge in [0.15, 0.2) is 0 Å². The molecule has 6 nitrogen and oxygen atoms in total. The number of carboxylic acids is 1. The number of piperidine rings is 1. The molecule has 1 aromatic carbocycles. The van der Waals surface area contributed by atoms with E-state index in [2.05, 4.69) is 0 Å². The van der Waals surface area contributed by atoms with Gasteiger partial charge in [0.25, 0.3) is 5.69 Å². The van der Waals surface area contributed by atoms with Crippen molar-refractivity contribution < 1.29 is 19.2 Å². The van der Waals surface area contributed by atoms with Crippen LogP contribution in [0.4, 0.5) is 15.8 Å². The number of nitro benzene ring substituents is 1. The van der Waals surface area contributed by atoms with Crippen LogP contribution in [0.3, 0.4) is 0 Å². The Labute approximate surface area is 115 Å². The van der Waals surface area contributed by atoms with Gasteiger partial charge in [-0.25, -0.2) is 9.18 Å². The molecule has 0 radical (unpaired) electrons. The van der Waals surface area contributed by atoms with Gasteiger partial charge in [-0.1, -0.05) is 6.92 Å². The van der Waals surface area contributed by atoms with Crippen LogP contribution in [0, 0.1) is 21.8 Å². The van der Waals surface area contributed by atoms with Crippen LogP contribution >= 0.6 is 0 Å². The molecule has 1 heterocycles. The van der Waals surface area contributed by atoms with Crippen LogP contribution in [0.5, 0.6) is 0 Å². The second-order valence-corrected chi connectivity index (χ2v) is 5.10. The molecule has 0 amide bonds. The number of anilines is 1. The zero-order valence-corrected chi connectivity index (χ0v) is 11.0. The Morgan fingerprint density at radius 3 is 2.80 bits per heavy atom. The lowest BCUT2D eigenvalue weighted by atomic mass is 9.92. The van der Waals surface area contributed by atoms with E-state index >= 15 is 0 Å². The van der Waals surface area contributed by atoms with Gasteiger partial charge >= 0.3 is 5.97 Å². The number of nitro groups is 1. The fraction of sp³-hybridized carbons (Fsp3) is 0.462. The monoisotopic (exact) mass is 282 g/mol. The quantitative estimate of drug-likeness (QED) is 0.680. The highest BCUT2D eigenvalue weighted by atomic mass is 19.1. The van der Waals surface area contributed by atoms with Crippen LogP contribution < -0.4 is 4.90 Å². The Morgan fingerprint density at radius 2 is 2.20 bits per heavy atom. The van der Waals surface area contributed by atoms with Gasteiger partial charge in [0.1, 0.15) is 11.9 Å². The first-order valence-corrected chi connectivity index (χ1v) is 6.33. The minimum Gasteiger partial charge on any atom is -0.480 e. The molecule has 2 unspecified atom stereocenters. The lowest BCUT2D eigenvalue weighted by molar-refractivity contribution is -0.385. The molecular formula is C13H15FN2O4. The van der Waals surface area contributed by atoms with Gasteiger partial charge in [-0.3, -0.25) is 10.1 Å². The third-order valence-corrected chi connectivity index (χ3v) is 3.56. The van der Waals surface area contributed by atoms with Crippen molar-refractivity contribution in [1.82, 2.24) is 0 Å². The third kappa shape index (κ3) is 2.87. The minimum absolute atomic E-state index is 0.246. The van der Waals surface area contributed by atoms with E-state index in [4.69, 9.17) is 0 Å². The van der Waals surface area contributed by atoms with Gasteiger partial charge in [-0.15, -0.1) is 0 Å². The number of halogens is 1. The van der Waals surface area contributed by atoms with Crippen LogP contribution in [-0.2, 0) is 4.79 Å². The average molecular weight is 282 g/mol. The normalized spacial score (nSPS) is 22.6. The summed E-state index contributed by atoms with van der Waals surface area (Å²) in [5.41, 5.74) is -0.126. The van der Waals surface area contributed by atoms with Crippen molar-refractivity contribution in [3.63, 3.8) is 0 Å². The van der Waals surface area contributed by atoms with E-state index in [1.807, 2.05) is 6.92 Å². The maximum absolute atomic E-state index is 13.5. The predicted molar refractivity (Wildman–Crippen MR) is 70.2 cm³/mol. The number of carbonyl (C=O) groups is 1. The summed E-state index contributed by atoms with van der Waals surface area (Å²) >= 11 is 0. The summed E-state index contributed by atoms with van der Waals surface area (Å²) in [6.07, 6.45) is 1.22. The minimum atomic E-state index is -0.997. The predicted octanol–water partition coefficient (Wildman–Crippen LogP) is 2.42. The fourth-order valence-electron chi connectivity index (χ4n) is 2.52. The SMILES string of the molecule is CC1CCN(c2cc(F)cc([N+](=O)[O-])c2)C(C(=O)O)C1. The highest BCUT2D eigenvalue weighted by molar-refractivity contribution is 5.78. The Bertz CT molecular complexity index is 549. The van der Waals surface area contributed by atoms with Crippen molar-refractivity contribution in [2.75, 3.05) is 11.4 Å². The Kier molecular flexibility index (Phi) is 3.87. The molecule has 2 rings (SSSR count). The van der Waals surface area contributed by atoms with Gasteiger partial charge in [-0.2, -0.15) is 0 Å². The van der Waals surface area contributed by atoms with E-state index in [0.29, 0.717) is 13.0 Å². The molecule has 7 heteroatoms. The van der Waals surface area contributed by atoms with Crippen molar-refractivity contribution in [2.24, 2.45) is 5.92 Å². The zero-order valence-electron chi connectivity index (χ0n) is 11.0. The van der Waals surface area contributed by atoms with Crippen molar-refractivity contribution in [2.45, 2.75) is 25.8 Å². The molecule has 1 aliphatic rings. The van der Waals surface area contributed by atoms with Crippen molar-refractivity contribution in [3.05, 3.63) is 34.1 Å². The Balaban J connectivity index is 2.38. The number of hydrogen-bond donors (Lipinski definition) is 1. The second kappa shape index (κ2) is 5.44. The molecular weight excluding hydrogens is 267 g/mol. The maximum atomic E-state index is 13.5. The van der Waals surface area contributed by atoms with E-state index in [0.717, 1.165) is 18.6 Å². The molecule has 20 heavy (non-hydrogen) atoms. The standard InChI is InChI=1S/C13H15FN2O4/c1-8-2-3-15(12(4-8)13(17)18)10-5-9(14)6-11(7-10)16(19)20/h5-8,12H,2-4H2,1H3,(H,17,18). The van der Waals surface area contributed by atoms with Gasteiger partial charge in [0, 0.05) is 18.3 Å².